The molecule has 3 aromatic carbocycles. The molecule has 1 atom stereocenters. The number of para-hydroxylation sites is 1. The van der Waals surface area contributed by atoms with Crippen molar-refractivity contribution in [2.24, 2.45) is 5.92 Å². The molecule has 1 aliphatic heterocycles. The van der Waals surface area contributed by atoms with Crippen LogP contribution in [0.3, 0.4) is 0 Å². The highest BCUT2D eigenvalue weighted by molar-refractivity contribution is 6.01. The number of nitrogens with zero attached hydrogens (tertiary/aromatic N) is 1. The normalized spacial score (nSPS) is 15.7. The average molecular weight is 417 g/mol. The Kier molecular flexibility index (Phi) is 5.89. The van der Waals surface area contributed by atoms with Crippen LogP contribution in [0.15, 0.2) is 78.9 Å². The Bertz CT molecular complexity index is 1110. The average Bonchev–Trinajstić information content (AvgIpc) is 3.19. The number of amides is 1. The number of carbonyl (C=O) groups is 3. The molecule has 0 radical (unpaired) electrons. The van der Waals surface area contributed by atoms with Crippen LogP contribution in [0.4, 0.5) is 10.1 Å². The topological polar surface area (TPSA) is 63.7 Å². The van der Waals surface area contributed by atoms with Crippen molar-refractivity contribution < 1.29 is 23.5 Å². The molecule has 0 spiro atoms. The lowest BCUT2D eigenvalue weighted by Crippen LogP contribution is -2.27. The number of halogens is 1. The van der Waals surface area contributed by atoms with E-state index in [1.165, 1.54) is 23.1 Å². The molecule has 1 heterocycles. The van der Waals surface area contributed by atoms with Crippen molar-refractivity contribution in [2.45, 2.75) is 6.42 Å². The Balaban J connectivity index is 1.34. The molecule has 0 N–H and O–H groups in total. The van der Waals surface area contributed by atoms with E-state index < -0.39 is 24.3 Å². The maximum atomic E-state index is 14.0. The summed E-state index contributed by atoms with van der Waals surface area (Å²) in [6.45, 7) is -0.382. The fraction of sp³-hybridized carbons (Fsp3) is 0.160. The molecule has 6 heteroatoms. The highest BCUT2D eigenvalue weighted by atomic mass is 19.1. The van der Waals surface area contributed by atoms with Crippen molar-refractivity contribution in [3.63, 3.8) is 0 Å². The summed E-state index contributed by atoms with van der Waals surface area (Å²) < 4.78 is 19.1. The van der Waals surface area contributed by atoms with Crippen LogP contribution in [0.1, 0.15) is 16.8 Å². The lowest BCUT2D eigenvalue weighted by Gasteiger charge is -2.17. The predicted octanol–water partition coefficient (Wildman–Crippen LogP) is 4.27. The number of ether oxygens (including phenoxy) is 1. The number of anilines is 1. The summed E-state index contributed by atoms with van der Waals surface area (Å²) in [5.41, 5.74) is 2.59. The van der Waals surface area contributed by atoms with Crippen molar-refractivity contribution in [1.29, 1.82) is 0 Å². The van der Waals surface area contributed by atoms with E-state index in [1.807, 2.05) is 42.5 Å². The van der Waals surface area contributed by atoms with E-state index in [0.29, 0.717) is 5.56 Å². The molecular formula is C25H20FNO4. The molecule has 1 amide bonds. The Hall–Kier alpha value is -3.80. The smallest absolute Gasteiger partial charge is 0.311 e. The number of rotatable bonds is 6. The molecule has 3 aromatic rings. The number of esters is 1. The highest BCUT2D eigenvalue weighted by Gasteiger charge is 2.37. The Morgan fingerprint density at radius 2 is 1.55 bits per heavy atom. The first-order valence-electron chi connectivity index (χ1n) is 9.93. The second kappa shape index (κ2) is 8.92. The number of hydrogen-bond donors (Lipinski definition) is 0. The second-order valence-electron chi connectivity index (χ2n) is 7.33. The third kappa shape index (κ3) is 4.53. The van der Waals surface area contributed by atoms with Crippen LogP contribution in [0.2, 0.25) is 0 Å². The first kappa shape index (κ1) is 20.5. The zero-order valence-corrected chi connectivity index (χ0v) is 16.7. The standard InChI is InChI=1S/C25H20FNO4/c26-21-8-4-5-9-22(21)27-15-20(14-24(27)29)25(30)31-16-23(28)19-12-10-18(11-13-19)17-6-2-1-3-7-17/h1-13,20H,14-16H2/t20-/m0/s1. The molecule has 156 valence electrons. The zero-order valence-electron chi connectivity index (χ0n) is 16.7. The fourth-order valence-corrected chi connectivity index (χ4v) is 3.59. The quantitative estimate of drug-likeness (QED) is 0.444. The molecule has 0 unspecified atom stereocenters. The second-order valence-corrected chi connectivity index (χ2v) is 7.33. The third-order valence-corrected chi connectivity index (χ3v) is 5.26. The van der Waals surface area contributed by atoms with Gasteiger partial charge in [-0.25, -0.2) is 4.39 Å². The van der Waals surface area contributed by atoms with Crippen LogP contribution in [0.25, 0.3) is 11.1 Å². The van der Waals surface area contributed by atoms with Gasteiger partial charge in [0.1, 0.15) is 5.82 Å². The predicted molar refractivity (Wildman–Crippen MR) is 114 cm³/mol. The van der Waals surface area contributed by atoms with Crippen LogP contribution in [0.5, 0.6) is 0 Å². The first-order chi connectivity index (χ1) is 15.0. The van der Waals surface area contributed by atoms with Gasteiger partial charge in [0.05, 0.1) is 11.6 Å². The van der Waals surface area contributed by atoms with Gasteiger partial charge >= 0.3 is 5.97 Å². The van der Waals surface area contributed by atoms with Crippen molar-refractivity contribution >= 4 is 23.3 Å². The van der Waals surface area contributed by atoms with E-state index >= 15 is 0 Å². The van der Waals surface area contributed by atoms with Gasteiger partial charge in [-0.05, 0) is 23.3 Å². The number of ketones is 1. The van der Waals surface area contributed by atoms with Gasteiger partial charge < -0.3 is 9.64 Å². The maximum Gasteiger partial charge on any atom is 0.311 e. The molecule has 0 saturated carbocycles. The summed E-state index contributed by atoms with van der Waals surface area (Å²) in [6.07, 6.45) is -0.0763. The van der Waals surface area contributed by atoms with Gasteiger partial charge in [-0.15, -0.1) is 0 Å². The van der Waals surface area contributed by atoms with Crippen LogP contribution in [0, 0.1) is 11.7 Å². The van der Waals surface area contributed by atoms with E-state index in [2.05, 4.69) is 0 Å². The van der Waals surface area contributed by atoms with E-state index in [9.17, 15) is 18.8 Å². The fourth-order valence-electron chi connectivity index (χ4n) is 3.59. The molecule has 31 heavy (non-hydrogen) atoms. The van der Waals surface area contributed by atoms with Crippen molar-refractivity contribution in [2.75, 3.05) is 18.1 Å². The minimum Gasteiger partial charge on any atom is -0.457 e. The van der Waals surface area contributed by atoms with E-state index in [4.69, 9.17) is 4.74 Å². The van der Waals surface area contributed by atoms with Crippen molar-refractivity contribution in [3.8, 4) is 11.1 Å². The van der Waals surface area contributed by atoms with E-state index in [-0.39, 0.29) is 30.3 Å². The molecule has 0 aromatic heterocycles. The maximum absolute atomic E-state index is 14.0. The number of hydrogen-bond acceptors (Lipinski definition) is 4. The third-order valence-electron chi connectivity index (χ3n) is 5.26. The Morgan fingerprint density at radius 3 is 2.26 bits per heavy atom. The van der Waals surface area contributed by atoms with Gasteiger partial charge in [-0.1, -0.05) is 66.7 Å². The molecule has 5 nitrogen and oxygen atoms in total. The van der Waals surface area contributed by atoms with Crippen LogP contribution >= 0.6 is 0 Å². The molecule has 0 aliphatic carbocycles. The first-order valence-corrected chi connectivity index (χ1v) is 9.93. The molecule has 1 aliphatic rings. The van der Waals surface area contributed by atoms with Crippen LogP contribution in [-0.4, -0.2) is 30.8 Å². The van der Waals surface area contributed by atoms with Crippen molar-refractivity contribution in [3.05, 3.63) is 90.2 Å². The molecule has 0 bridgehead atoms. The summed E-state index contributed by atoms with van der Waals surface area (Å²) in [5.74, 6) is -2.58. The lowest BCUT2D eigenvalue weighted by atomic mass is 10.0. The highest BCUT2D eigenvalue weighted by Crippen LogP contribution is 2.28. The molecule has 4 rings (SSSR count). The number of benzene rings is 3. The van der Waals surface area contributed by atoms with Gasteiger partial charge in [0.25, 0.3) is 0 Å². The molecule has 1 fully saturated rings. The van der Waals surface area contributed by atoms with Gasteiger partial charge in [-0.2, -0.15) is 0 Å². The largest absolute Gasteiger partial charge is 0.457 e. The Morgan fingerprint density at radius 1 is 0.903 bits per heavy atom. The van der Waals surface area contributed by atoms with Crippen molar-refractivity contribution in [1.82, 2.24) is 0 Å². The van der Waals surface area contributed by atoms with E-state index in [0.717, 1.165) is 11.1 Å². The van der Waals surface area contributed by atoms with E-state index in [1.54, 1.807) is 18.2 Å². The van der Waals surface area contributed by atoms with Gasteiger partial charge in [0.2, 0.25) is 5.91 Å². The number of Topliss-reactive ketones (excluding diaryl/α,β-unsaturated/α-hetero) is 1. The Labute approximate surface area is 179 Å². The summed E-state index contributed by atoms with van der Waals surface area (Å²) >= 11 is 0. The monoisotopic (exact) mass is 417 g/mol. The van der Waals surface area contributed by atoms with Gasteiger partial charge in [0, 0.05) is 18.5 Å². The molecule has 1 saturated heterocycles. The lowest BCUT2D eigenvalue weighted by molar-refractivity contribution is -0.147. The van der Waals surface area contributed by atoms with Gasteiger partial charge in [0.15, 0.2) is 12.4 Å². The van der Waals surface area contributed by atoms with Crippen LogP contribution < -0.4 is 4.90 Å². The minimum absolute atomic E-state index is 0.0264. The summed E-state index contributed by atoms with van der Waals surface area (Å²) in [5, 5.41) is 0. The van der Waals surface area contributed by atoms with Crippen LogP contribution in [-0.2, 0) is 14.3 Å². The zero-order chi connectivity index (χ0) is 21.8. The minimum atomic E-state index is -0.736. The SMILES string of the molecule is O=C(COC(=O)[C@H]1CC(=O)N(c2ccccc2F)C1)c1ccc(-c2ccccc2)cc1. The summed E-state index contributed by atoms with van der Waals surface area (Å²) in [6, 6.07) is 22.7. The summed E-state index contributed by atoms with van der Waals surface area (Å²) in [4.78, 5) is 38.3. The summed E-state index contributed by atoms with van der Waals surface area (Å²) in [7, 11) is 0. The van der Waals surface area contributed by atoms with Gasteiger partial charge in [-0.3, -0.25) is 14.4 Å². The number of carbonyl (C=O) groups excluding carboxylic acids is 3. The molecular weight excluding hydrogens is 397 g/mol.